The standard InChI is InChI=1S/C10H16NO3P/c1-10(2,3)8-4-5-11-9(6-8)7-14-15(12)13/h4-6,15H,7H2,1-3H3,(H,12,13). The molecule has 5 heteroatoms. The van der Waals surface area contributed by atoms with Gasteiger partial charge in [-0.2, -0.15) is 0 Å². The third-order valence-corrected chi connectivity index (χ3v) is 2.42. The number of rotatable bonds is 3. The van der Waals surface area contributed by atoms with E-state index in [1.165, 1.54) is 0 Å². The fourth-order valence-electron chi connectivity index (χ4n) is 1.16. The van der Waals surface area contributed by atoms with Crippen LogP contribution in [-0.4, -0.2) is 9.88 Å². The monoisotopic (exact) mass is 229 g/mol. The average Bonchev–Trinajstić information content (AvgIpc) is 2.14. The van der Waals surface area contributed by atoms with Crippen LogP contribution in [0.3, 0.4) is 0 Å². The van der Waals surface area contributed by atoms with Gasteiger partial charge in [-0.05, 0) is 23.1 Å². The molecule has 0 aliphatic rings. The third kappa shape index (κ3) is 4.12. The first-order valence-electron chi connectivity index (χ1n) is 4.71. The van der Waals surface area contributed by atoms with E-state index in [0.717, 1.165) is 5.56 Å². The van der Waals surface area contributed by atoms with E-state index < -0.39 is 8.25 Å². The minimum absolute atomic E-state index is 0.0438. The molecule has 1 aromatic rings. The van der Waals surface area contributed by atoms with Gasteiger partial charge < -0.3 is 9.42 Å². The SMILES string of the molecule is CC(C)(C)c1ccnc(CO[PH](=O)O)c1. The Morgan fingerprint density at radius 3 is 2.73 bits per heavy atom. The lowest BCUT2D eigenvalue weighted by Crippen LogP contribution is -2.11. The summed E-state index contributed by atoms with van der Waals surface area (Å²) in [4.78, 5) is 12.6. The smallest absolute Gasteiger partial charge is 0.316 e. The number of pyridine rings is 1. The molecule has 1 atom stereocenters. The maximum absolute atomic E-state index is 10.4. The molecule has 1 heterocycles. The molecular formula is C10H16NO3P. The van der Waals surface area contributed by atoms with Crippen molar-refractivity contribution in [3.8, 4) is 0 Å². The average molecular weight is 229 g/mol. The summed E-state index contributed by atoms with van der Waals surface area (Å²) >= 11 is 0. The topological polar surface area (TPSA) is 59.4 Å². The summed E-state index contributed by atoms with van der Waals surface area (Å²) in [7, 11) is -2.87. The molecule has 1 N–H and O–H groups in total. The van der Waals surface area contributed by atoms with Crippen LogP contribution in [0.25, 0.3) is 0 Å². The highest BCUT2D eigenvalue weighted by molar-refractivity contribution is 7.32. The van der Waals surface area contributed by atoms with Crippen molar-refractivity contribution in [3.63, 3.8) is 0 Å². The van der Waals surface area contributed by atoms with Crippen molar-refractivity contribution in [1.82, 2.24) is 4.98 Å². The van der Waals surface area contributed by atoms with Gasteiger partial charge in [0.15, 0.2) is 0 Å². The molecule has 0 amide bonds. The second-order valence-electron chi connectivity index (χ2n) is 4.34. The molecule has 1 unspecified atom stereocenters. The second-order valence-corrected chi connectivity index (χ2v) is 5.16. The van der Waals surface area contributed by atoms with Crippen LogP contribution in [0, 0.1) is 0 Å². The number of nitrogens with zero attached hydrogens (tertiary/aromatic N) is 1. The van der Waals surface area contributed by atoms with Gasteiger partial charge in [-0.1, -0.05) is 20.8 Å². The largest absolute Gasteiger partial charge is 0.326 e. The molecule has 4 nitrogen and oxygen atoms in total. The van der Waals surface area contributed by atoms with Crippen molar-refractivity contribution < 1.29 is 14.0 Å². The molecule has 0 aliphatic carbocycles. The molecule has 84 valence electrons. The van der Waals surface area contributed by atoms with Crippen molar-refractivity contribution >= 4 is 8.25 Å². The van der Waals surface area contributed by atoms with E-state index in [4.69, 9.17) is 4.89 Å². The van der Waals surface area contributed by atoms with Crippen LogP contribution in [0.15, 0.2) is 18.3 Å². The molecule has 0 radical (unpaired) electrons. The van der Waals surface area contributed by atoms with E-state index in [-0.39, 0.29) is 12.0 Å². The molecule has 1 rings (SSSR count). The minimum atomic E-state index is -2.87. The van der Waals surface area contributed by atoms with Gasteiger partial charge in [0.05, 0.1) is 12.3 Å². The lowest BCUT2D eigenvalue weighted by molar-refractivity contribution is 0.268. The van der Waals surface area contributed by atoms with Crippen molar-refractivity contribution in [2.24, 2.45) is 0 Å². The highest BCUT2D eigenvalue weighted by Gasteiger charge is 2.14. The van der Waals surface area contributed by atoms with Gasteiger partial charge in [-0.15, -0.1) is 0 Å². The summed E-state index contributed by atoms with van der Waals surface area (Å²) in [5.74, 6) is 0. The first-order chi connectivity index (χ1) is 6.89. The number of hydrogen-bond acceptors (Lipinski definition) is 3. The van der Waals surface area contributed by atoms with Crippen molar-refractivity contribution in [3.05, 3.63) is 29.6 Å². The van der Waals surface area contributed by atoms with Crippen molar-refractivity contribution in [2.75, 3.05) is 0 Å². The number of aromatic nitrogens is 1. The van der Waals surface area contributed by atoms with Gasteiger partial charge in [0.1, 0.15) is 0 Å². The molecule has 0 spiro atoms. The van der Waals surface area contributed by atoms with Crippen molar-refractivity contribution in [1.29, 1.82) is 0 Å². The molecular weight excluding hydrogens is 213 g/mol. The zero-order valence-electron chi connectivity index (χ0n) is 9.15. The van der Waals surface area contributed by atoms with E-state index in [9.17, 15) is 4.57 Å². The van der Waals surface area contributed by atoms with Gasteiger partial charge >= 0.3 is 8.25 Å². The van der Waals surface area contributed by atoms with Gasteiger partial charge in [-0.25, -0.2) is 0 Å². The first-order valence-corrected chi connectivity index (χ1v) is 5.97. The van der Waals surface area contributed by atoms with E-state index >= 15 is 0 Å². The summed E-state index contributed by atoms with van der Waals surface area (Å²) in [6.07, 6.45) is 1.69. The van der Waals surface area contributed by atoms with Crippen LogP contribution in [0.5, 0.6) is 0 Å². The normalized spacial score (nSPS) is 13.9. The summed E-state index contributed by atoms with van der Waals surface area (Å²) < 4.78 is 15.0. The fraction of sp³-hybridized carbons (Fsp3) is 0.500. The summed E-state index contributed by atoms with van der Waals surface area (Å²) in [5.41, 5.74) is 1.85. The molecule has 0 bridgehead atoms. The quantitative estimate of drug-likeness (QED) is 0.808. The van der Waals surface area contributed by atoms with E-state index in [2.05, 4.69) is 30.3 Å². The zero-order valence-corrected chi connectivity index (χ0v) is 10.2. The third-order valence-electron chi connectivity index (χ3n) is 2.03. The Labute approximate surface area is 90.3 Å². The molecule has 0 saturated carbocycles. The molecule has 0 fully saturated rings. The van der Waals surface area contributed by atoms with Crippen LogP contribution in [0.1, 0.15) is 32.0 Å². The highest BCUT2D eigenvalue weighted by Crippen LogP contribution is 2.23. The lowest BCUT2D eigenvalue weighted by atomic mass is 9.87. The van der Waals surface area contributed by atoms with E-state index in [1.54, 1.807) is 6.20 Å². The molecule has 0 aliphatic heterocycles. The summed E-state index contributed by atoms with van der Waals surface area (Å²) in [6.45, 7) is 6.38. The van der Waals surface area contributed by atoms with E-state index in [1.807, 2.05) is 12.1 Å². The lowest BCUT2D eigenvalue weighted by Gasteiger charge is -2.19. The van der Waals surface area contributed by atoms with E-state index in [0.29, 0.717) is 5.69 Å². The fourth-order valence-corrected chi connectivity index (χ4v) is 1.43. The maximum Gasteiger partial charge on any atom is 0.316 e. The predicted octanol–water partition coefficient (Wildman–Crippen LogP) is 2.28. The van der Waals surface area contributed by atoms with Crippen LogP contribution >= 0.6 is 8.25 Å². The predicted molar refractivity (Wildman–Crippen MR) is 58.9 cm³/mol. The Bertz CT molecular complexity index is 360. The van der Waals surface area contributed by atoms with Gasteiger partial charge in [0.25, 0.3) is 0 Å². The Morgan fingerprint density at radius 1 is 1.53 bits per heavy atom. The van der Waals surface area contributed by atoms with Crippen LogP contribution < -0.4 is 0 Å². The first kappa shape index (κ1) is 12.4. The van der Waals surface area contributed by atoms with Gasteiger partial charge in [0.2, 0.25) is 0 Å². The Kier molecular flexibility index (Phi) is 4.03. The van der Waals surface area contributed by atoms with Crippen LogP contribution in [0.2, 0.25) is 0 Å². The Hall–Kier alpha value is -0.700. The summed E-state index contributed by atoms with van der Waals surface area (Å²) in [5, 5.41) is 0. The summed E-state index contributed by atoms with van der Waals surface area (Å²) in [6, 6.07) is 3.83. The Morgan fingerprint density at radius 2 is 2.20 bits per heavy atom. The van der Waals surface area contributed by atoms with Gasteiger partial charge in [0, 0.05) is 6.20 Å². The zero-order chi connectivity index (χ0) is 11.5. The second kappa shape index (κ2) is 4.88. The van der Waals surface area contributed by atoms with Crippen LogP contribution in [0.4, 0.5) is 0 Å². The minimum Gasteiger partial charge on any atom is -0.326 e. The maximum atomic E-state index is 10.4. The van der Waals surface area contributed by atoms with Gasteiger partial charge in [-0.3, -0.25) is 9.55 Å². The molecule has 15 heavy (non-hydrogen) atoms. The Balaban J connectivity index is 2.79. The molecule has 1 aromatic heterocycles. The molecule has 0 saturated heterocycles. The number of hydrogen-bond donors (Lipinski definition) is 1. The van der Waals surface area contributed by atoms with Crippen LogP contribution in [-0.2, 0) is 21.1 Å². The molecule has 0 aromatic carbocycles. The van der Waals surface area contributed by atoms with Crippen molar-refractivity contribution in [2.45, 2.75) is 32.8 Å². The highest BCUT2D eigenvalue weighted by atomic mass is 31.1.